The highest BCUT2D eigenvalue weighted by Gasteiger charge is 2.26. The van der Waals surface area contributed by atoms with Gasteiger partial charge in [-0.3, -0.25) is 0 Å². The number of alkyl halides is 1. The second kappa shape index (κ2) is 32.9. The van der Waals surface area contributed by atoms with Crippen molar-refractivity contribution in [2.24, 2.45) is 5.92 Å². The monoisotopic (exact) mass is 618 g/mol. The minimum atomic E-state index is 0. The van der Waals surface area contributed by atoms with Crippen LogP contribution < -0.4 is 6.15 Å². The Hall–Kier alpha value is 0.400. The van der Waals surface area contributed by atoms with Crippen LogP contribution >= 0.6 is 15.9 Å². The Morgan fingerprint density at radius 1 is 0.487 bits per heavy atom. The van der Waals surface area contributed by atoms with Crippen molar-refractivity contribution in [3.8, 4) is 0 Å². The van der Waals surface area contributed by atoms with Crippen molar-refractivity contribution in [1.82, 2.24) is 6.15 Å². The SMILES string of the molecule is CCCCCCCCCCCCCCCCC(C)C(C)(Br)CCCCCCCCCCCCCCCCO.N. The molecule has 0 saturated heterocycles. The van der Waals surface area contributed by atoms with E-state index in [2.05, 4.69) is 36.7 Å². The van der Waals surface area contributed by atoms with Crippen LogP contribution in [0, 0.1) is 5.92 Å². The molecule has 0 aromatic rings. The van der Waals surface area contributed by atoms with Gasteiger partial charge in [0.1, 0.15) is 0 Å². The van der Waals surface area contributed by atoms with Crippen LogP contribution in [0.4, 0.5) is 0 Å². The summed E-state index contributed by atoms with van der Waals surface area (Å²) in [4.78, 5) is 0. The van der Waals surface area contributed by atoms with E-state index in [-0.39, 0.29) is 6.15 Å². The maximum atomic E-state index is 8.81. The fourth-order valence-corrected chi connectivity index (χ4v) is 6.41. The largest absolute Gasteiger partial charge is 0.396 e. The molecule has 0 rings (SSSR count). The van der Waals surface area contributed by atoms with Crippen molar-refractivity contribution >= 4 is 15.9 Å². The summed E-state index contributed by atoms with van der Waals surface area (Å²) in [5, 5.41) is 8.81. The normalized spacial score (nSPS) is 13.8. The number of unbranched alkanes of at least 4 members (excludes halogenated alkanes) is 26. The van der Waals surface area contributed by atoms with Gasteiger partial charge in [0.05, 0.1) is 0 Å². The molecule has 39 heavy (non-hydrogen) atoms. The van der Waals surface area contributed by atoms with Gasteiger partial charge in [0.2, 0.25) is 0 Å². The predicted molar refractivity (Wildman–Crippen MR) is 183 cm³/mol. The van der Waals surface area contributed by atoms with Crippen molar-refractivity contribution in [3.05, 3.63) is 0 Å². The third-order valence-corrected chi connectivity index (χ3v) is 10.3. The van der Waals surface area contributed by atoms with Gasteiger partial charge in [0, 0.05) is 10.9 Å². The Balaban J connectivity index is 0. The smallest absolute Gasteiger partial charge is 0.0431 e. The first kappa shape index (κ1) is 41.5. The van der Waals surface area contributed by atoms with Gasteiger partial charge < -0.3 is 11.3 Å². The molecule has 0 aliphatic heterocycles. The van der Waals surface area contributed by atoms with E-state index in [0.29, 0.717) is 10.9 Å². The predicted octanol–water partition coefficient (Wildman–Crippen LogP) is 13.7. The molecule has 238 valence electrons. The third kappa shape index (κ3) is 31.2. The zero-order valence-corrected chi connectivity index (χ0v) is 29.1. The molecule has 0 aliphatic carbocycles. The van der Waals surface area contributed by atoms with Gasteiger partial charge in [-0.15, -0.1) is 0 Å². The lowest BCUT2D eigenvalue weighted by Crippen LogP contribution is -2.25. The lowest BCUT2D eigenvalue weighted by molar-refractivity contribution is 0.282. The molecule has 0 saturated carbocycles. The van der Waals surface area contributed by atoms with E-state index in [9.17, 15) is 0 Å². The summed E-state index contributed by atoms with van der Waals surface area (Å²) in [6.45, 7) is 7.60. The average molecular weight is 619 g/mol. The minimum absolute atomic E-state index is 0. The summed E-state index contributed by atoms with van der Waals surface area (Å²) >= 11 is 4.12. The molecule has 2 unspecified atom stereocenters. The first-order valence-electron chi connectivity index (χ1n) is 17.8. The van der Waals surface area contributed by atoms with Gasteiger partial charge in [0.25, 0.3) is 0 Å². The number of aliphatic hydroxyl groups is 1. The average Bonchev–Trinajstić information content (AvgIpc) is 2.90. The second-order valence-electron chi connectivity index (χ2n) is 13.0. The summed E-state index contributed by atoms with van der Waals surface area (Å²) in [5.74, 6) is 0.787. The summed E-state index contributed by atoms with van der Waals surface area (Å²) in [6, 6.07) is 0. The number of hydrogen-bond acceptors (Lipinski definition) is 2. The molecule has 0 aromatic heterocycles. The quantitative estimate of drug-likeness (QED) is 0.0582. The van der Waals surface area contributed by atoms with E-state index in [4.69, 9.17) is 5.11 Å². The molecule has 0 radical (unpaired) electrons. The maximum absolute atomic E-state index is 8.81. The Labute approximate surface area is 256 Å². The van der Waals surface area contributed by atoms with Crippen LogP contribution in [0.5, 0.6) is 0 Å². The fraction of sp³-hybridized carbons (Fsp3) is 1.00. The molecule has 0 spiro atoms. The lowest BCUT2D eigenvalue weighted by Gasteiger charge is -2.30. The van der Waals surface area contributed by atoms with Gasteiger partial charge in [0.15, 0.2) is 0 Å². The molecule has 0 heterocycles. The van der Waals surface area contributed by atoms with Crippen molar-refractivity contribution in [2.75, 3.05) is 6.61 Å². The van der Waals surface area contributed by atoms with Gasteiger partial charge >= 0.3 is 0 Å². The summed E-state index contributed by atoms with van der Waals surface area (Å²) in [6.07, 6.45) is 42.2. The lowest BCUT2D eigenvalue weighted by atomic mass is 9.86. The van der Waals surface area contributed by atoms with Crippen molar-refractivity contribution < 1.29 is 5.11 Å². The van der Waals surface area contributed by atoms with Crippen LogP contribution in [0.3, 0.4) is 0 Å². The summed E-state index contributed by atoms with van der Waals surface area (Å²) in [7, 11) is 0. The second-order valence-corrected chi connectivity index (χ2v) is 14.8. The molecule has 2 atom stereocenters. The molecule has 0 aliphatic rings. The van der Waals surface area contributed by atoms with Gasteiger partial charge in [-0.1, -0.05) is 203 Å². The van der Waals surface area contributed by atoms with E-state index in [1.807, 2.05) is 0 Å². The number of halogens is 1. The highest BCUT2D eigenvalue weighted by atomic mass is 79.9. The van der Waals surface area contributed by atoms with Crippen LogP contribution in [0.1, 0.15) is 213 Å². The molecule has 2 nitrogen and oxygen atoms in total. The molecule has 0 bridgehead atoms. The Morgan fingerprint density at radius 3 is 1.10 bits per heavy atom. The number of rotatable bonds is 32. The van der Waals surface area contributed by atoms with Crippen LogP contribution in [-0.2, 0) is 0 Å². The first-order chi connectivity index (χ1) is 18.5. The van der Waals surface area contributed by atoms with E-state index in [1.54, 1.807) is 0 Å². The molecule has 0 fully saturated rings. The Morgan fingerprint density at radius 2 is 0.769 bits per heavy atom. The van der Waals surface area contributed by atoms with Gasteiger partial charge in [-0.2, -0.15) is 0 Å². The van der Waals surface area contributed by atoms with Crippen molar-refractivity contribution in [2.45, 2.75) is 218 Å². The van der Waals surface area contributed by atoms with Gasteiger partial charge in [-0.05, 0) is 32.1 Å². The molecule has 0 aromatic carbocycles. The zero-order valence-electron chi connectivity index (χ0n) is 27.5. The highest BCUT2D eigenvalue weighted by molar-refractivity contribution is 9.10. The van der Waals surface area contributed by atoms with E-state index in [0.717, 1.165) is 12.3 Å². The molecule has 3 heteroatoms. The van der Waals surface area contributed by atoms with E-state index < -0.39 is 0 Å². The highest BCUT2D eigenvalue weighted by Crippen LogP contribution is 2.36. The molecule has 4 N–H and O–H groups in total. The maximum Gasteiger partial charge on any atom is 0.0431 e. The Bertz CT molecular complexity index is 442. The molecular formula is C36H76BrNO. The number of hydrogen-bond donors (Lipinski definition) is 2. The Kier molecular flexibility index (Phi) is 35.0. The van der Waals surface area contributed by atoms with E-state index in [1.165, 1.54) is 186 Å². The third-order valence-electron chi connectivity index (χ3n) is 9.09. The summed E-state index contributed by atoms with van der Waals surface area (Å²) in [5.41, 5.74) is 0. The van der Waals surface area contributed by atoms with Crippen LogP contribution in [0.25, 0.3) is 0 Å². The minimum Gasteiger partial charge on any atom is -0.396 e. The topological polar surface area (TPSA) is 55.2 Å². The van der Waals surface area contributed by atoms with Crippen LogP contribution in [0.2, 0.25) is 0 Å². The number of aliphatic hydroxyl groups excluding tert-OH is 1. The van der Waals surface area contributed by atoms with Crippen molar-refractivity contribution in [3.63, 3.8) is 0 Å². The zero-order chi connectivity index (χ0) is 28.0. The molecular weight excluding hydrogens is 542 g/mol. The first-order valence-corrected chi connectivity index (χ1v) is 18.6. The van der Waals surface area contributed by atoms with Crippen molar-refractivity contribution in [1.29, 1.82) is 0 Å². The molecule has 0 amide bonds. The summed E-state index contributed by atoms with van der Waals surface area (Å²) < 4.78 is 0.335. The van der Waals surface area contributed by atoms with E-state index >= 15 is 0 Å². The van der Waals surface area contributed by atoms with Crippen LogP contribution in [-0.4, -0.2) is 16.0 Å². The van der Waals surface area contributed by atoms with Crippen LogP contribution in [0.15, 0.2) is 0 Å². The standard InChI is InChI=1S/C36H73BrO.H3N/c1-4-5-6-7-8-9-10-11-14-17-20-23-26-29-32-35(2)36(3,37)33-30-27-24-21-18-15-12-13-16-19-22-25-28-31-34-38;/h35,38H,4-34H2,1-3H3;1H3. The fourth-order valence-electron chi connectivity index (χ4n) is 5.90. The van der Waals surface area contributed by atoms with Gasteiger partial charge in [-0.25, -0.2) is 0 Å².